The number of carbonyl (C=O) groups excluding carboxylic acids is 1. The van der Waals surface area contributed by atoms with E-state index in [1.807, 2.05) is 19.1 Å². The number of rotatable bonds is 6. The molecule has 2 N–H and O–H groups in total. The van der Waals surface area contributed by atoms with Crippen molar-refractivity contribution in [2.45, 2.75) is 56.5 Å². The fraction of sp³-hybridized carbons (Fsp3) is 0.458. The van der Waals surface area contributed by atoms with E-state index in [2.05, 4.69) is 41.8 Å². The Kier molecular flexibility index (Phi) is 6.34. The number of sulfonamides is 1. The van der Waals surface area contributed by atoms with Gasteiger partial charge in [0.25, 0.3) is 0 Å². The molecule has 1 heterocycles. The van der Waals surface area contributed by atoms with Gasteiger partial charge >= 0.3 is 6.03 Å². The maximum Gasteiger partial charge on any atom is 0.315 e. The van der Waals surface area contributed by atoms with Gasteiger partial charge in [0.05, 0.1) is 10.9 Å². The second-order valence-corrected chi connectivity index (χ2v) is 10.8. The lowest BCUT2D eigenvalue weighted by atomic mass is 10.0. The minimum Gasteiger partial charge on any atom is -0.335 e. The highest BCUT2D eigenvalue weighted by atomic mass is 32.2. The van der Waals surface area contributed by atoms with Crippen molar-refractivity contribution in [1.82, 2.24) is 14.9 Å². The van der Waals surface area contributed by atoms with Crippen molar-refractivity contribution < 1.29 is 13.2 Å². The van der Waals surface area contributed by atoms with Crippen LogP contribution in [0.4, 0.5) is 4.79 Å². The van der Waals surface area contributed by atoms with Gasteiger partial charge in [-0.25, -0.2) is 13.2 Å². The summed E-state index contributed by atoms with van der Waals surface area (Å²) in [7, 11) is -3.49. The van der Waals surface area contributed by atoms with E-state index in [1.54, 1.807) is 12.1 Å². The number of benzene rings is 2. The molecular formula is C24H31N3O3S. The zero-order valence-electron chi connectivity index (χ0n) is 18.2. The number of aryl methyl sites for hydroxylation is 2. The summed E-state index contributed by atoms with van der Waals surface area (Å²) < 4.78 is 27.2. The van der Waals surface area contributed by atoms with E-state index in [4.69, 9.17) is 0 Å². The first-order chi connectivity index (χ1) is 14.8. The van der Waals surface area contributed by atoms with Crippen molar-refractivity contribution in [3.63, 3.8) is 0 Å². The molecule has 166 valence electrons. The van der Waals surface area contributed by atoms with Crippen molar-refractivity contribution in [3.05, 3.63) is 65.2 Å². The summed E-state index contributed by atoms with van der Waals surface area (Å²) in [5.74, 6) is 0.495. The van der Waals surface area contributed by atoms with E-state index in [-0.39, 0.29) is 18.1 Å². The molecule has 0 aromatic heterocycles. The molecule has 1 saturated carbocycles. The predicted octanol–water partition coefficient (Wildman–Crippen LogP) is 3.91. The summed E-state index contributed by atoms with van der Waals surface area (Å²) in [6, 6.07) is 15.1. The van der Waals surface area contributed by atoms with E-state index in [0.717, 1.165) is 24.0 Å². The smallest absolute Gasteiger partial charge is 0.315 e. The monoisotopic (exact) mass is 441 g/mol. The molecule has 2 aromatic rings. The summed E-state index contributed by atoms with van der Waals surface area (Å²) in [5, 5.41) is 6.21. The third-order valence-electron chi connectivity index (χ3n) is 6.26. The minimum atomic E-state index is -3.49. The Bertz CT molecular complexity index is 1010. The Balaban J connectivity index is 1.31. The van der Waals surface area contributed by atoms with Crippen LogP contribution in [0, 0.1) is 19.8 Å². The fourth-order valence-electron chi connectivity index (χ4n) is 4.14. The van der Waals surface area contributed by atoms with E-state index >= 15 is 0 Å². The van der Waals surface area contributed by atoms with Gasteiger partial charge in [-0.3, -0.25) is 0 Å². The van der Waals surface area contributed by atoms with Crippen molar-refractivity contribution >= 4 is 16.1 Å². The number of hydrogen-bond acceptors (Lipinski definition) is 3. The highest BCUT2D eigenvalue weighted by molar-refractivity contribution is 7.89. The largest absolute Gasteiger partial charge is 0.335 e. The van der Waals surface area contributed by atoms with Crippen LogP contribution in [0.1, 0.15) is 48.4 Å². The topological polar surface area (TPSA) is 78.5 Å². The van der Waals surface area contributed by atoms with Crippen molar-refractivity contribution in [3.8, 4) is 0 Å². The van der Waals surface area contributed by atoms with Crippen molar-refractivity contribution in [2.75, 3.05) is 13.1 Å². The molecule has 2 amide bonds. The molecule has 0 radical (unpaired) electrons. The molecule has 1 aliphatic carbocycles. The van der Waals surface area contributed by atoms with Crippen LogP contribution in [0.3, 0.4) is 0 Å². The van der Waals surface area contributed by atoms with Gasteiger partial charge in [0.15, 0.2) is 0 Å². The molecule has 31 heavy (non-hydrogen) atoms. The fourth-order valence-corrected chi connectivity index (χ4v) is 5.61. The van der Waals surface area contributed by atoms with E-state index in [9.17, 15) is 13.2 Å². The Hall–Kier alpha value is -2.38. The van der Waals surface area contributed by atoms with Crippen molar-refractivity contribution in [1.29, 1.82) is 0 Å². The zero-order valence-corrected chi connectivity index (χ0v) is 19.0. The molecule has 2 fully saturated rings. The second kappa shape index (κ2) is 9.01. The van der Waals surface area contributed by atoms with Gasteiger partial charge in [-0.1, -0.05) is 47.5 Å². The van der Waals surface area contributed by atoms with Crippen LogP contribution in [-0.4, -0.2) is 37.9 Å². The number of carbonyl (C=O) groups is 1. The molecule has 2 aromatic carbocycles. The lowest BCUT2D eigenvalue weighted by Crippen LogP contribution is -2.49. The van der Waals surface area contributed by atoms with Crippen LogP contribution in [-0.2, 0) is 10.0 Å². The van der Waals surface area contributed by atoms with E-state index in [1.165, 1.54) is 9.87 Å². The third kappa shape index (κ3) is 5.28. The first kappa shape index (κ1) is 21.8. The lowest BCUT2D eigenvalue weighted by molar-refractivity contribution is 0.222. The summed E-state index contributed by atoms with van der Waals surface area (Å²) >= 11 is 0. The predicted molar refractivity (Wildman–Crippen MR) is 121 cm³/mol. The Morgan fingerprint density at radius 3 is 2.00 bits per heavy atom. The van der Waals surface area contributed by atoms with Crippen LogP contribution >= 0.6 is 0 Å². The maximum absolute atomic E-state index is 12.9. The van der Waals surface area contributed by atoms with Crippen LogP contribution in [0.25, 0.3) is 0 Å². The molecule has 1 atom stereocenters. The van der Waals surface area contributed by atoms with Crippen LogP contribution < -0.4 is 10.6 Å². The summed E-state index contributed by atoms with van der Waals surface area (Å²) in [6.45, 7) is 4.81. The number of urea groups is 1. The van der Waals surface area contributed by atoms with Gasteiger partial charge in [-0.15, -0.1) is 0 Å². The average Bonchev–Trinajstić information content (AvgIpc) is 3.59. The second-order valence-electron chi connectivity index (χ2n) is 8.83. The molecule has 0 bridgehead atoms. The van der Waals surface area contributed by atoms with Gasteiger partial charge in [0.2, 0.25) is 10.0 Å². The molecule has 7 heteroatoms. The molecular weight excluding hydrogens is 410 g/mol. The third-order valence-corrected chi connectivity index (χ3v) is 8.18. The van der Waals surface area contributed by atoms with Crippen LogP contribution in [0.5, 0.6) is 0 Å². The number of nitrogens with zero attached hydrogens (tertiary/aromatic N) is 1. The summed E-state index contributed by atoms with van der Waals surface area (Å²) in [4.78, 5) is 13.0. The minimum absolute atomic E-state index is 0.0256. The van der Waals surface area contributed by atoms with Gasteiger partial charge in [0.1, 0.15) is 0 Å². The van der Waals surface area contributed by atoms with Gasteiger partial charge in [0, 0.05) is 19.1 Å². The molecule has 1 aliphatic heterocycles. The van der Waals surface area contributed by atoms with Crippen molar-refractivity contribution in [2.24, 2.45) is 5.92 Å². The zero-order chi connectivity index (χ0) is 22.0. The normalized spacial score (nSPS) is 19.0. The molecule has 1 unspecified atom stereocenters. The number of hydrogen-bond donors (Lipinski definition) is 2. The standard InChI is InChI=1S/C24H31N3O3S/c1-17-3-7-19(8-4-17)23(20-9-10-20)26-24(28)25-21-13-15-27(16-14-21)31(29,30)22-11-5-18(2)6-12-22/h3-8,11-12,20-21,23H,9-10,13-16H2,1-2H3,(H2,25,26,28). The highest BCUT2D eigenvalue weighted by Crippen LogP contribution is 2.41. The van der Waals surface area contributed by atoms with E-state index < -0.39 is 10.0 Å². The SMILES string of the molecule is Cc1ccc(C(NC(=O)NC2CCN(S(=O)(=O)c3ccc(C)cc3)CC2)C2CC2)cc1. The van der Waals surface area contributed by atoms with Crippen LogP contribution in [0.2, 0.25) is 0 Å². The number of amides is 2. The molecule has 1 saturated heterocycles. The molecule has 2 aliphatic rings. The molecule has 6 nitrogen and oxygen atoms in total. The Labute approximate surface area is 185 Å². The van der Waals surface area contributed by atoms with E-state index in [0.29, 0.717) is 36.7 Å². The first-order valence-electron chi connectivity index (χ1n) is 11.0. The van der Waals surface area contributed by atoms with Gasteiger partial charge < -0.3 is 10.6 Å². The first-order valence-corrected chi connectivity index (χ1v) is 12.5. The summed E-state index contributed by atoms with van der Waals surface area (Å²) in [5.41, 5.74) is 3.38. The average molecular weight is 442 g/mol. The van der Waals surface area contributed by atoms with Crippen LogP contribution in [0.15, 0.2) is 53.4 Å². The summed E-state index contributed by atoms with van der Waals surface area (Å²) in [6.07, 6.45) is 3.48. The number of piperidine rings is 1. The van der Waals surface area contributed by atoms with Gasteiger partial charge in [-0.05, 0) is 63.1 Å². The maximum atomic E-state index is 12.9. The highest BCUT2D eigenvalue weighted by Gasteiger charge is 2.34. The Morgan fingerprint density at radius 2 is 1.45 bits per heavy atom. The molecule has 0 spiro atoms. The molecule has 4 rings (SSSR count). The quantitative estimate of drug-likeness (QED) is 0.713. The Morgan fingerprint density at radius 1 is 0.903 bits per heavy atom. The number of nitrogens with one attached hydrogen (secondary N) is 2. The van der Waals surface area contributed by atoms with Gasteiger partial charge in [-0.2, -0.15) is 4.31 Å². The lowest BCUT2D eigenvalue weighted by Gasteiger charge is -2.32.